The van der Waals surface area contributed by atoms with Gasteiger partial charge in [-0.25, -0.2) is 4.79 Å². The highest BCUT2D eigenvalue weighted by Gasteiger charge is 2.58. The Balaban J connectivity index is 1.43. The molecule has 0 saturated carbocycles. The van der Waals surface area contributed by atoms with Gasteiger partial charge in [-0.05, 0) is 69.7 Å². The van der Waals surface area contributed by atoms with Gasteiger partial charge in [-0.3, -0.25) is 29.5 Å². The Hall–Kier alpha value is -5.31. The molecule has 1 aliphatic heterocycles. The van der Waals surface area contributed by atoms with Crippen LogP contribution in [0.4, 0.5) is 10.5 Å². The summed E-state index contributed by atoms with van der Waals surface area (Å²) in [6.07, 6.45) is -4.07. The van der Waals surface area contributed by atoms with Gasteiger partial charge in [-0.2, -0.15) is 0 Å². The van der Waals surface area contributed by atoms with Crippen LogP contribution >= 0.6 is 0 Å². The van der Waals surface area contributed by atoms with Crippen molar-refractivity contribution < 1.29 is 43.4 Å². The largest absolute Gasteiger partial charge is 0.480 e. The van der Waals surface area contributed by atoms with Crippen molar-refractivity contribution in [1.29, 1.82) is 0 Å². The summed E-state index contributed by atoms with van der Waals surface area (Å²) in [4.78, 5) is 71.2. The average Bonchev–Trinajstić information content (AvgIpc) is 3.93. The molecule has 1 fully saturated rings. The van der Waals surface area contributed by atoms with Crippen molar-refractivity contribution in [3.8, 4) is 0 Å². The van der Waals surface area contributed by atoms with E-state index in [0.717, 1.165) is 11.1 Å². The summed E-state index contributed by atoms with van der Waals surface area (Å²) >= 11 is 0. The first-order valence-corrected chi connectivity index (χ1v) is 17.6. The normalized spacial score (nSPS) is 17.3. The third-order valence-corrected chi connectivity index (χ3v) is 8.38. The number of para-hydroxylation sites is 1. The fourth-order valence-corrected chi connectivity index (χ4v) is 5.54. The highest BCUT2D eigenvalue weighted by molar-refractivity contribution is 6.02. The van der Waals surface area contributed by atoms with Crippen LogP contribution in [0.25, 0.3) is 0 Å². The number of rotatable bonds is 20. The van der Waals surface area contributed by atoms with E-state index in [1.165, 1.54) is 0 Å². The van der Waals surface area contributed by atoms with E-state index >= 15 is 0 Å². The van der Waals surface area contributed by atoms with Gasteiger partial charge in [0.05, 0.1) is 5.69 Å². The van der Waals surface area contributed by atoms with Gasteiger partial charge in [0.15, 0.2) is 29.6 Å². The molecular weight excluding hydrogens is 682 g/mol. The number of carbonyl (C=O) groups is 5. The summed E-state index contributed by atoms with van der Waals surface area (Å²) in [5.74, 6) is -3.51. The highest BCUT2D eigenvalue weighted by Crippen LogP contribution is 2.31. The molecule has 1 aliphatic rings. The number of benzene rings is 3. The number of aliphatic carboxylic acids is 1. The number of carbonyl (C=O) groups excluding carboxylic acids is 4. The van der Waals surface area contributed by atoms with Crippen molar-refractivity contribution in [3.05, 3.63) is 102 Å². The van der Waals surface area contributed by atoms with Crippen molar-refractivity contribution in [3.63, 3.8) is 0 Å². The fourth-order valence-electron chi connectivity index (χ4n) is 5.54. The second-order valence-corrected chi connectivity index (χ2v) is 13.9. The minimum absolute atomic E-state index is 0.171. The smallest absolute Gasteiger partial charge is 0.407 e. The number of anilines is 1. The summed E-state index contributed by atoms with van der Waals surface area (Å²) < 4.78 is 10.7. The number of hydrogen-bond donors (Lipinski definition) is 6. The molecule has 14 heteroatoms. The molecule has 14 nitrogen and oxygen atoms in total. The number of amides is 3. The number of alkyl carbamates (subject to hydrolysis) is 1. The third kappa shape index (κ3) is 12.7. The molecule has 1 unspecified atom stereocenters. The first-order valence-electron chi connectivity index (χ1n) is 17.6. The molecule has 5 atom stereocenters. The Bertz CT molecular complexity index is 1670. The van der Waals surface area contributed by atoms with Crippen molar-refractivity contribution in [2.24, 2.45) is 5.73 Å². The van der Waals surface area contributed by atoms with Crippen LogP contribution in [-0.2, 0) is 46.3 Å². The SMILES string of the molecule is CC(C)(C)OC(=O)NCCCC[C@@](N)(C(=O)O)C(ONc1ccccc1)C(=O)[C@H]1O[C@@H]1C(=O)N[C@@H](Cc1ccccc1)C(=O)NCCc1ccccc1. The van der Waals surface area contributed by atoms with E-state index < -0.39 is 65.2 Å². The van der Waals surface area contributed by atoms with Crippen molar-refractivity contribution >= 4 is 35.3 Å². The average molecular weight is 732 g/mol. The van der Waals surface area contributed by atoms with Crippen LogP contribution in [0.2, 0.25) is 0 Å². The molecule has 0 aliphatic carbocycles. The summed E-state index contributed by atoms with van der Waals surface area (Å²) in [5, 5.41) is 18.5. The molecule has 0 spiro atoms. The van der Waals surface area contributed by atoms with Gasteiger partial charge in [0.1, 0.15) is 11.6 Å². The Morgan fingerprint density at radius 2 is 1.42 bits per heavy atom. The van der Waals surface area contributed by atoms with Crippen molar-refractivity contribution in [2.45, 2.75) is 88.4 Å². The first kappa shape index (κ1) is 40.5. The summed E-state index contributed by atoms with van der Waals surface area (Å²) in [7, 11) is 0. The minimum atomic E-state index is -2.26. The fraction of sp³-hybridized carbons (Fsp3) is 0.410. The van der Waals surface area contributed by atoms with Gasteiger partial charge in [-0.1, -0.05) is 78.9 Å². The number of nitrogens with one attached hydrogen (secondary N) is 4. The van der Waals surface area contributed by atoms with E-state index in [1.807, 2.05) is 60.7 Å². The quantitative estimate of drug-likeness (QED) is 0.0564. The maximum Gasteiger partial charge on any atom is 0.407 e. The zero-order chi connectivity index (χ0) is 38.4. The lowest BCUT2D eigenvalue weighted by molar-refractivity contribution is -0.155. The van der Waals surface area contributed by atoms with Crippen molar-refractivity contribution in [2.75, 3.05) is 18.6 Å². The van der Waals surface area contributed by atoms with Gasteiger partial charge in [0.2, 0.25) is 5.91 Å². The number of ketones is 1. The molecule has 0 bridgehead atoms. The summed E-state index contributed by atoms with van der Waals surface area (Å²) in [6.45, 7) is 5.70. The van der Waals surface area contributed by atoms with E-state index in [4.69, 9.17) is 20.0 Å². The Morgan fingerprint density at radius 3 is 2.02 bits per heavy atom. The van der Waals surface area contributed by atoms with E-state index in [2.05, 4.69) is 21.4 Å². The number of nitrogens with two attached hydrogens (primary N) is 1. The van der Waals surface area contributed by atoms with Crippen LogP contribution in [-0.4, -0.2) is 83.3 Å². The summed E-state index contributed by atoms with van der Waals surface area (Å²) in [6, 6.07) is 26.3. The molecule has 3 aromatic carbocycles. The molecule has 1 saturated heterocycles. The number of carboxylic acid groups (broad SMARTS) is 1. The van der Waals surface area contributed by atoms with Gasteiger partial charge < -0.3 is 36.3 Å². The lowest BCUT2D eigenvalue weighted by Gasteiger charge is -2.32. The number of Topliss-reactive ketones (excluding diaryl/α,β-unsaturated/α-hetero) is 1. The van der Waals surface area contributed by atoms with E-state index in [9.17, 15) is 29.1 Å². The van der Waals surface area contributed by atoms with Crippen molar-refractivity contribution in [1.82, 2.24) is 16.0 Å². The molecule has 4 rings (SSSR count). The van der Waals surface area contributed by atoms with Gasteiger partial charge in [0.25, 0.3) is 5.91 Å². The molecule has 0 aromatic heterocycles. The second kappa shape index (κ2) is 19.0. The lowest BCUT2D eigenvalue weighted by Crippen LogP contribution is -2.62. The van der Waals surface area contributed by atoms with Gasteiger partial charge >= 0.3 is 12.1 Å². The van der Waals surface area contributed by atoms with Crippen LogP contribution in [0.1, 0.15) is 51.2 Å². The summed E-state index contributed by atoms with van der Waals surface area (Å²) in [5.41, 5.74) is 8.38. The van der Waals surface area contributed by atoms with Crippen LogP contribution in [0, 0.1) is 0 Å². The standard InChI is InChI=1S/C39H49N5O9/c1-38(2,3)52-37(50)42-23-14-13-22-39(40,36(48)49)33(53-44-28-19-11-6-12-20-28)30(45)31-32(51-31)35(47)43-29(25-27-17-9-5-10-18-27)34(46)41-24-21-26-15-7-4-8-16-26/h4-12,15-20,29,31-33,44H,13-14,21-25,40H2,1-3H3,(H,41,46)(H,42,50)(H,43,47)(H,48,49)/t29-,31+,32-,33?,39-/m0/s1. The molecule has 53 heavy (non-hydrogen) atoms. The number of hydrogen-bond acceptors (Lipinski definition) is 10. The Morgan fingerprint density at radius 1 is 0.811 bits per heavy atom. The highest BCUT2D eigenvalue weighted by atomic mass is 16.7. The number of carboxylic acids is 1. The predicted octanol–water partition coefficient (Wildman–Crippen LogP) is 3.30. The van der Waals surface area contributed by atoms with Gasteiger partial charge in [0, 0.05) is 19.5 Å². The minimum Gasteiger partial charge on any atom is -0.480 e. The first-order chi connectivity index (χ1) is 25.3. The maximum atomic E-state index is 13.9. The molecular formula is C39H49N5O9. The molecule has 3 aromatic rings. The topological polar surface area (TPSA) is 211 Å². The molecule has 3 amide bonds. The predicted molar refractivity (Wildman–Crippen MR) is 196 cm³/mol. The van der Waals surface area contributed by atoms with Crippen LogP contribution < -0.4 is 27.2 Å². The number of ether oxygens (including phenoxy) is 2. The monoisotopic (exact) mass is 731 g/mol. The number of epoxide rings is 1. The van der Waals surface area contributed by atoms with Gasteiger partial charge in [-0.15, -0.1) is 0 Å². The molecule has 1 heterocycles. The van der Waals surface area contributed by atoms with E-state index in [0.29, 0.717) is 25.1 Å². The van der Waals surface area contributed by atoms with Crippen LogP contribution in [0.5, 0.6) is 0 Å². The van der Waals surface area contributed by atoms with E-state index in [1.54, 1.807) is 51.1 Å². The zero-order valence-electron chi connectivity index (χ0n) is 30.2. The lowest BCUT2D eigenvalue weighted by atomic mass is 9.84. The Kier molecular flexibility index (Phi) is 14.5. The maximum absolute atomic E-state index is 13.9. The Labute approximate surface area is 309 Å². The van der Waals surface area contributed by atoms with Crippen LogP contribution in [0.15, 0.2) is 91.0 Å². The number of unbranched alkanes of at least 4 members (excludes halogenated alkanes) is 1. The second-order valence-electron chi connectivity index (χ2n) is 13.9. The molecule has 0 radical (unpaired) electrons. The zero-order valence-corrected chi connectivity index (χ0v) is 30.2. The molecule has 7 N–H and O–H groups in total. The van der Waals surface area contributed by atoms with Crippen LogP contribution in [0.3, 0.4) is 0 Å². The van der Waals surface area contributed by atoms with E-state index in [-0.39, 0.29) is 25.8 Å². The molecule has 284 valence electrons. The third-order valence-electron chi connectivity index (χ3n) is 8.38.